The highest BCUT2D eigenvalue weighted by Gasteiger charge is 2.31. The maximum absolute atomic E-state index is 12.7. The Bertz CT molecular complexity index is 749. The molecule has 0 N–H and O–H groups in total. The first-order valence-corrected chi connectivity index (χ1v) is 8.19. The first kappa shape index (κ1) is 18.3. The van der Waals surface area contributed by atoms with E-state index in [-0.39, 0.29) is 18.3 Å². The summed E-state index contributed by atoms with van der Waals surface area (Å²) >= 11 is 0. The lowest BCUT2D eigenvalue weighted by atomic mass is 10.1. The van der Waals surface area contributed by atoms with E-state index in [4.69, 9.17) is 9.47 Å². The molecule has 0 spiro atoms. The van der Waals surface area contributed by atoms with E-state index in [1.165, 1.54) is 12.1 Å². The second kappa shape index (κ2) is 7.78. The molecule has 2 aromatic carbocycles. The molecule has 26 heavy (non-hydrogen) atoms. The summed E-state index contributed by atoms with van der Waals surface area (Å²) in [7, 11) is 0. The summed E-state index contributed by atoms with van der Waals surface area (Å²) in [4.78, 5) is 14.1. The zero-order chi connectivity index (χ0) is 18.6. The molecule has 1 aliphatic heterocycles. The van der Waals surface area contributed by atoms with Crippen molar-refractivity contribution >= 4 is 5.91 Å². The van der Waals surface area contributed by atoms with Gasteiger partial charge in [0.2, 0.25) is 0 Å². The van der Waals surface area contributed by atoms with Gasteiger partial charge in [0.05, 0.1) is 18.7 Å². The van der Waals surface area contributed by atoms with Gasteiger partial charge in [-0.3, -0.25) is 4.79 Å². The van der Waals surface area contributed by atoms with Gasteiger partial charge in [-0.2, -0.15) is 13.2 Å². The topological polar surface area (TPSA) is 38.8 Å². The van der Waals surface area contributed by atoms with E-state index in [1.807, 2.05) is 6.07 Å². The van der Waals surface area contributed by atoms with Crippen LogP contribution in [0, 0.1) is 0 Å². The number of benzene rings is 2. The van der Waals surface area contributed by atoms with Crippen molar-refractivity contribution in [2.75, 3.05) is 26.3 Å². The van der Waals surface area contributed by atoms with Gasteiger partial charge in [-0.05, 0) is 30.3 Å². The molecular formula is C19H18F3NO3. The molecule has 2 aromatic rings. The Kier molecular flexibility index (Phi) is 5.46. The monoisotopic (exact) mass is 365 g/mol. The highest BCUT2D eigenvalue weighted by atomic mass is 19.4. The third-order valence-corrected chi connectivity index (χ3v) is 4.04. The lowest BCUT2D eigenvalue weighted by molar-refractivity contribution is -0.137. The maximum atomic E-state index is 12.7. The highest BCUT2D eigenvalue weighted by molar-refractivity contribution is 5.94. The van der Waals surface area contributed by atoms with Crippen LogP contribution in [0.4, 0.5) is 13.2 Å². The van der Waals surface area contributed by atoms with Crippen LogP contribution in [0.15, 0.2) is 54.6 Å². The Morgan fingerprint density at radius 3 is 2.65 bits per heavy atom. The zero-order valence-electron chi connectivity index (χ0n) is 13.9. The number of rotatable bonds is 4. The van der Waals surface area contributed by atoms with Crippen LogP contribution in [0.1, 0.15) is 15.9 Å². The van der Waals surface area contributed by atoms with Gasteiger partial charge in [0.25, 0.3) is 5.91 Å². The summed E-state index contributed by atoms with van der Waals surface area (Å²) in [5.41, 5.74) is -0.174. The van der Waals surface area contributed by atoms with Gasteiger partial charge < -0.3 is 14.4 Å². The van der Waals surface area contributed by atoms with Crippen LogP contribution in [0.2, 0.25) is 0 Å². The molecule has 0 aromatic heterocycles. The lowest BCUT2D eigenvalue weighted by Gasteiger charge is -2.33. The van der Waals surface area contributed by atoms with Gasteiger partial charge in [0.1, 0.15) is 18.5 Å². The number of amides is 1. The number of morpholine rings is 1. The first-order valence-electron chi connectivity index (χ1n) is 8.19. The molecule has 4 nitrogen and oxygen atoms in total. The largest absolute Gasteiger partial charge is 0.491 e. The smallest absolute Gasteiger partial charge is 0.416 e. The number of ether oxygens (including phenoxy) is 2. The average Bonchev–Trinajstić information content (AvgIpc) is 2.66. The van der Waals surface area contributed by atoms with Crippen LogP contribution in [0.3, 0.4) is 0 Å². The minimum absolute atomic E-state index is 0.0693. The Labute approximate surface area is 149 Å². The number of hydrogen-bond acceptors (Lipinski definition) is 3. The molecule has 0 radical (unpaired) electrons. The van der Waals surface area contributed by atoms with E-state index in [0.29, 0.717) is 25.3 Å². The van der Waals surface area contributed by atoms with Crippen molar-refractivity contribution in [1.82, 2.24) is 4.90 Å². The maximum Gasteiger partial charge on any atom is 0.416 e. The van der Waals surface area contributed by atoms with Crippen molar-refractivity contribution in [1.29, 1.82) is 0 Å². The Hall–Kier alpha value is -2.54. The summed E-state index contributed by atoms with van der Waals surface area (Å²) in [5.74, 6) is 0.0212. The number of hydrogen-bond donors (Lipinski definition) is 0. The Balaban J connectivity index is 1.58. The van der Waals surface area contributed by atoms with Gasteiger partial charge in [0.15, 0.2) is 0 Å². The molecule has 0 bridgehead atoms. The van der Waals surface area contributed by atoms with Gasteiger partial charge >= 0.3 is 6.18 Å². The standard InChI is InChI=1S/C19H18F3NO3/c20-19(21,22)15-7-4-8-16(11-15)26-13-17-12-23(9-10-25-17)18(24)14-5-2-1-3-6-14/h1-8,11,17H,9-10,12-13H2. The van der Waals surface area contributed by atoms with Crippen LogP contribution >= 0.6 is 0 Å². The van der Waals surface area contributed by atoms with Crippen molar-refractivity contribution in [3.8, 4) is 5.75 Å². The van der Waals surface area contributed by atoms with Gasteiger partial charge in [-0.1, -0.05) is 24.3 Å². The van der Waals surface area contributed by atoms with Crippen LogP contribution in [-0.2, 0) is 10.9 Å². The number of carbonyl (C=O) groups excluding carboxylic acids is 1. The predicted molar refractivity (Wildman–Crippen MR) is 89.0 cm³/mol. The minimum atomic E-state index is -4.42. The molecule has 1 unspecified atom stereocenters. The van der Waals surface area contributed by atoms with E-state index in [2.05, 4.69) is 0 Å². The summed E-state index contributed by atoms with van der Waals surface area (Å²) in [5, 5.41) is 0. The van der Waals surface area contributed by atoms with Crippen molar-refractivity contribution in [3.05, 3.63) is 65.7 Å². The van der Waals surface area contributed by atoms with Crippen molar-refractivity contribution in [3.63, 3.8) is 0 Å². The molecule has 1 saturated heterocycles. The molecule has 1 atom stereocenters. The number of nitrogens with zero attached hydrogens (tertiary/aromatic N) is 1. The molecule has 3 rings (SSSR count). The van der Waals surface area contributed by atoms with Crippen LogP contribution < -0.4 is 4.74 Å². The van der Waals surface area contributed by atoms with Crippen LogP contribution in [-0.4, -0.2) is 43.2 Å². The fourth-order valence-corrected chi connectivity index (χ4v) is 2.72. The quantitative estimate of drug-likeness (QED) is 0.831. The van der Waals surface area contributed by atoms with Crippen LogP contribution in [0.25, 0.3) is 0 Å². The summed E-state index contributed by atoms with van der Waals surface area (Å²) in [6.07, 6.45) is -4.81. The predicted octanol–water partition coefficient (Wildman–Crippen LogP) is 3.63. The molecule has 1 amide bonds. The molecule has 1 heterocycles. The molecule has 1 aliphatic rings. The summed E-state index contributed by atoms with van der Waals surface area (Å²) in [6, 6.07) is 13.6. The SMILES string of the molecule is O=C(c1ccccc1)N1CCOC(COc2cccc(C(F)(F)F)c2)C1. The number of alkyl halides is 3. The normalized spacial score (nSPS) is 17.8. The average molecular weight is 365 g/mol. The van der Waals surface area contributed by atoms with E-state index in [1.54, 1.807) is 29.2 Å². The van der Waals surface area contributed by atoms with E-state index in [0.717, 1.165) is 12.1 Å². The number of carbonyl (C=O) groups is 1. The second-order valence-electron chi connectivity index (χ2n) is 5.95. The molecule has 1 fully saturated rings. The van der Waals surface area contributed by atoms with E-state index < -0.39 is 17.8 Å². The van der Waals surface area contributed by atoms with E-state index in [9.17, 15) is 18.0 Å². The molecular weight excluding hydrogens is 347 g/mol. The van der Waals surface area contributed by atoms with Crippen molar-refractivity contribution < 1.29 is 27.4 Å². The lowest BCUT2D eigenvalue weighted by Crippen LogP contribution is -2.47. The number of halogens is 3. The second-order valence-corrected chi connectivity index (χ2v) is 5.95. The van der Waals surface area contributed by atoms with Gasteiger partial charge in [-0.25, -0.2) is 0 Å². The minimum Gasteiger partial charge on any atom is -0.491 e. The zero-order valence-corrected chi connectivity index (χ0v) is 13.9. The van der Waals surface area contributed by atoms with Gasteiger partial charge in [-0.15, -0.1) is 0 Å². The molecule has 138 valence electrons. The third kappa shape index (κ3) is 4.54. The molecule has 0 aliphatic carbocycles. The van der Waals surface area contributed by atoms with Crippen LogP contribution in [0.5, 0.6) is 5.75 Å². The third-order valence-electron chi connectivity index (χ3n) is 4.04. The Morgan fingerprint density at radius 1 is 1.15 bits per heavy atom. The molecule has 7 heteroatoms. The van der Waals surface area contributed by atoms with E-state index >= 15 is 0 Å². The summed E-state index contributed by atoms with van der Waals surface area (Å²) in [6.45, 7) is 1.22. The fraction of sp³-hybridized carbons (Fsp3) is 0.316. The molecule has 0 saturated carbocycles. The Morgan fingerprint density at radius 2 is 1.92 bits per heavy atom. The van der Waals surface area contributed by atoms with Gasteiger partial charge in [0, 0.05) is 12.1 Å². The first-order chi connectivity index (χ1) is 12.4. The highest BCUT2D eigenvalue weighted by Crippen LogP contribution is 2.31. The van der Waals surface area contributed by atoms with Crippen molar-refractivity contribution in [2.45, 2.75) is 12.3 Å². The summed E-state index contributed by atoms with van der Waals surface area (Å²) < 4.78 is 49.2. The fourth-order valence-electron chi connectivity index (χ4n) is 2.72. The van der Waals surface area contributed by atoms with Crippen molar-refractivity contribution in [2.24, 2.45) is 0 Å².